The van der Waals surface area contributed by atoms with Gasteiger partial charge in [-0.2, -0.15) is 0 Å². The van der Waals surface area contributed by atoms with Gasteiger partial charge in [0.25, 0.3) is 0 Å². The Morgan fingerprint density at radius 1 is 1.22 bits per heavy atom. The van der Waals surface area contributed by atoms with Crippen LogP contribution in [-0.4, -0.2) is 18.1 Å². The second-order valence-corrected chi connectivity index (χ2v) is 4.97. The van der Waals surface area contributed by atoms with Crippen LogP contribution in [0.3, 0.4) is 0 Å². The van der Waals surface area contributed by atoms with Crippen molar-refractivity contribution >= 4 is 22.4 Å². The Labute approximate surface area is 108 Å². The number of anilines is 2. The van der Waals surface area contributed by atoms with Crippen LogP contribution in [0.2, 0.25) is 0 Å². The Hall–Kier alpha value is -1.77. The predicted molar refractivity (Wildman–Crippen MR) is 77.0 cm³/mol. The van der Waals surface area contributed by atoms with Crippen LogP contribution in [0.5, 0.6) is 0 Å². The molecule has 0 bridgehead atoms. The van der Waals surface area contributed by atoms with Crippen molar-refractivity contribution in [1.82, 2.24) is 4.98 Å². The van der Waals surface area contributed by atoms with Crippen LogP contribution in [0.25, 0.3) is 10.9 Å². The molecule has 2 N–H and O–H groups in total. The molecule has 0 amide bonds. The van der Waals surface area contributed by atoms with Gasteiger partial charge < -0.3 is 10.6 Å². The van der Waals surface area contributed by atoms with E-state index in [9.17, 15) is 0 Å². The number of benzene rings is 1. The first-order valence-corrected chi connectivity index (χ1v) is 6.72. The highest BCUT2D eigenvalue weighted by atomic mass is 15.2. The van der Waals surface area contributed by atoms with E-state index in [0.29, 0.717) is 0 Å². The molecule has 1 aromatic carbocycles. The van der Waals surface area contributed by atoms with Gasteiger partial charge in [-0.15, -0.1) is 0 Å². The summed E-state index contributed by atoms with van der Waals surface area (Å²) in [5.41, 5.74) is 9.02. The number of aryl methyl sites for hydroxylation is 1. The molecule has 0 radical (unpaired) electrons. The number of rotatable bonds is 2. The normalized spacial score (nSPS) is 15.5. The minimum absolute atomic E-state index is 0.806. The molecule has 2 aromatic rings. The summed E-state index contributed by atoms with van der Waals surface area (Å²) in [7, 11) is 0. The molecule has 3 nitrogen and oxygen atoms in total. The minimum Gasteiger partial charge on any atom is -0.399 e. The summed E-state index contributed by atoms with van der Waals surface area (Å²) in [6, 6.07) is 8.19. The first kappa shape index (κ1) is 11.3. The number of nitrogens with zero attached hydrogens (tertiary/aromatic N) is 2. The number of nitrogens with two attached hydrogens (primary N) is 1. The van der Waals surface area contributed by atoms with Crippen molar-refractivity contribution in [3.8, 4) is 0 Å². The van der Waals surface area contributed by atoms with E-state index in [-0.39, 0.29) is 0 Å². The lowest BCUT2D eigenvalue weighted by Gasteiger charge is -2.20. The third-order valence-electron chi connectivity index (χ3n) is 3.68. The topological polar surface area (TPSA) is 42.1 Å². The highest BCUT2D eigenvalue weighted by Crippen LogP contribution is 2.27. The maximum Gasteiger partial charge on any atom is 0.132 e. The summed E-state index contributed by atoms with van der Waals surface area (Å²) >= 11 is 0. The zero-order valence-electron chi connectivity index (χ0n) is 10.8. The molecule has 1 aromatic heterocycles. The number of fused-ring (bicyclic) bond motifs is 1. The van der Waals surface area contributed by atoms with Crippen LogP contribution in [0.4, 0.5) is 11.5 Å². The third-order valence-corrected chi connectivity index (χ3v) is 3.68. The zero-order chi connectivity index (χ0) is 12.5. The van der Waals surface area contributed by atoms with Gasteiger partial charge in [0.2, 0.25) is 0 Å². The van der Waals surface area contributed by atoms with Gasteiger partial charge >= 0.3 is 0 Å². The van der Waals surface area contributed by atoms with E-state index in [1.165, 1.54) is 24.2 Å². The lowest BCUT2D eigenvalue weighted by atomic mass is 10.1. The highest BCUT2D eigenvalue weighted by Gasteiger charge is 2.17. The summed E-state index contributed by atoms with van der Waals surface area (Å²) in [6.07, 6.45) is 3.58. The molecule has 94 valence electrons. The smallest absolute Gasteiger partial charge is 0.132 e. The molecule has 3 heteroatoms. The van der Waals surface area contributed by atoms with Crippen LogP contribution in [0.15, 0.2) is 24.3 Å². The van der Waals surface area contributed by atoms with E-state index < -0.39 is 0 Å². The molecule has 0 spiro atoms. The SMILES string of the molecule is CCc1cc2cc(N)ccc2nc1N1CCCC1. The van der Waals surface area contributed by atoms with E-state index in [2.05, 4.69) is 17.9 Å². The van der Waals surface area contributed by atoms with Crippen molar-refractivity contribution in [3.05, 3.63) is 29.8 Å². The van der Waals surface area contributed by atoms with Crippen LogP contribution in [0.1, 0.15) is 25.3 Å². The molecule has 0 saturated carbocycles. The summed E-state index contributed by atoms with van der Waals surface area (Å²) in [5.74, 6) is 1.17. The van der Waals surface area contributed by atoms with Gasteiger partial charge in [0, 0.05) is 24.2 Å². The standard InChI is InChI=1S/C15H19N3/c1-2-11-9-12-10-13(16)5-6-14(12)17-15(11)18-7-3-4-8-18/h5-6,9-10H,2-4,7-8,16H2,1H3. The highest BCUT2D eigenvalue weighted by molar-refractivity contribution is 5.84. The summed E-state index contributed by atoms with van der Waals surface area (Å²) in [4.78, 5) is 7.25. The van der Waals surface area contributed by atoms with Crippen molar-refractivity contribution in [2.45, 2.75) is 26.2 Å². The third kappa shape index (κ3) is 1.90. The lowest BCUT2D eigenvalue weighted by Crippen LogP contribution is -2.20. The number of pyridine rings is 1. The fourth-order valence-electron chi connectivity index (χ4n) is 2.69. The van der Waals surface area contributed by atoms with Crippen LogP contribution >= 0.6 is 0 Å². The van der Waals surface area contributed by atoms with Gasteiger partial charge in [-0.1, -0.05) is 6.92 Å². The maximum absolute atomic E-state index is 5.84. The van der Waals surface area contributed by atoms with Gasteiger partial charge in [0.15, 0.2) is 0 Å². The molecule has 0 unspecified atom stereocenters. The maximum atomic E-state index is 5.84. The number of hydrogen-bond donors (Lipinski definition) is 1. The van der Waals surface area contributed by atoms with Gasteiger partial charge in [0.1, 0.15) is 5.82 Å². The molecule has 2 heterocycles. The largest absolute Gasteiger partial charge is 0.399 e. The Bertz CT molecular complexity index is 571. The number of hydrogen-bond acceptors (Lipinski definition) is 3. The summed E-state index contributed by atoms with van der Waals surface area (Å²) in [5, 5.41) is 1.15. The monoisotopic (exact) mass is 241 g/mol. The Balaban J connectivity index is 2.14. The van der Waals surface area contributed by atoms with Gasteiger partial charge in [-0.05, 0) is 49.1 Å². The van der Waals surface area contributed by atoms with Crippen molar-refractivity contribution in [2.24, 2.45) is 0 Å². The van der Waals surface area contributed by atoms with E-state index in [1.807, 2.05) is 18.2 Å². The molecular weight excluding hydrogens is 222 g/mol. The minimum atomic E-state index is 0.806. The first-order valence-electron chi connectivity index (χ1n) is 6.72. The first-order chi connectivity index (χ1) is 8.78. The molecule has 1 fully saturated rings. The van der Waals surface area contributed by atoms with E-state index in [1.54, 1.807) is 0 Å². The quantitative estimate of drug-likeness (QED) is 0.822. The van der Waals surface area contributed by atoms with Crippen molar-refractivity contribution in [2.75, 3.05) is 23.7 Å². The lowest BCUT2D eigenvalue weighted by molar-refractivity contribution is 0.921. The molecular formula is C15H19N3. The Morgan fingerprint density at radius 3 is 2.72 bits per heavy atom. The fourth-order valence-corrected chi connectivity index (χ4v) is 2.69. The van der Waals surface area contributed by atoms with E-state index in [0.717, 1.165) is 36.1 Å². The van der Waals surface area contributed by atoms with Crippen LogP contribution in [-0.2, 0) is 6.42 Å². The number of aromatic nitrogens is 1. The predicted octanol–water partition coefficient (Wildman–Crippen LogP) is 2.98. The fraction of sp³-hybridized carbons (Fsp3) is 0.400. The molecule has 0 aliphatic carbocycles. The van der Waals surface area contributed by atoms with Crippen LogP contribution < -0.4 is 10.6 Å². The van der Waals surface area contributed by atoms with Gasteiger partial charge in [-0.25, -0.2) is 4.98 Å². The average molecular weight is 241 g/mol. The summed E-state index contributed by atoms with van der Waals surface area (Å²) < 4.78 is 0. The average Bonchev–Trinajstić information content (AvgIpc) is 2.90. The molecule has 1 aliphatic heterocycles. The van der Waals surface area contributed by atoms with Crippen molar-refractivity contribution in [1.29, 1.82) is 0 Å². The molecule has 18 heavy (non-hydrogen) atoms. The van der Waals surface area contributed by atoms with E-state index in [4.69, 9.17) is 10.7 Å². The van der Waals surface area contributed by atoms with Crippen molar-refractivity contribution in [3.63, 3.8) is 0 Å². The zero-order valence-corrected chi connectivity index (χ0v) is 10.8. The Morgan fingerprint density at radius 2 is 2.00 bits per heavy atom. The van der Waals surface area contributed by atoms with Crippen molar-refractivity contribution < 1.29 is 0 Å². The van der Waals surface area contributed by atoms with Gasteiger partial charge in [0.05, 0.1) is 5.52 Å². The van der Waals surface area contributed by atoms with Gasteiger partial charge in [-0.3, -0.25) is 0 Å². The summed E-state index contributed by atoms with van der Waals surface area (Å²) in [6.45, 7) is 4.47. The van der Waals surface area contributed by atoms with Crippen LogP contribution in [0, 0.1) is 0 Å². The number of nitrogen functional groups attached to an aromatic ring is 1. The second-order valence-electron chi connectivity index (χ2n) is 4.97. The molecule has 1 aliphatic rings. The molecule has 3 rings (SSSR count). The van der Waals surface area contributed by atoms with E-state index >= 15 is 0 Å². The molecule has 0 atom stereocenters. The second kappa shape index (κ2) is 4.48. The Kier molecular flexibility index (Phi) is 2.82. The molecule has 1 saturated heterocycles.